The number of fused-ring (bicyclic) bond motifs is 1. The van der Waals surface area contributed by atoms with E-state index in [-0.39, 0.29) is 6.61 Å². The second kappa shape index (κ2) is 4.37. The Morgan fingerprint density at radius 1 is 1.44 bits per heavy atom. The zero-order chi connectivity index (χ0) is 13.4. The van der Waals surface area contributed by atoms with Crippen LogP contribution in [0.1, 0.15) is 31.4 Å². The molecule has 3 N–H and O–H groups in total. The van der Waals surface area contributed by atoms with E-state index in [1.807, 2.05) is 24.3 Å². The number of aliphatic hydroxyl groups is 1. The summed E-state index contributed by atoms with van der Waals surface area (Å²) in [4.78, 5) is 11.2. The fraction of sp³-hybridized carbons (Fsp3) is 0.500. The third kappa shape index (κ3) is 2.02. The van der Waals surface area contributed by atoms with Crippen LogP contribution >= 0.6 is 0 Å². The lowest BCUT2D eigenvalue weighted by atomic mass is 9.89. The van der Waals surface area contributed by atoms with Crippen LogP contribution < -0.4 is 5.32 Å². The largest absolute Gasteiger partial charge is 0.480 e. The highest BCUT2D eigenvalue weighted by Gasteiger charge is 2.43. The summed E-state index contributed by atoms with van der Waals surface area (Å²) in [6.07, 6.45) is 1.58. The maximum Gasteiger partial charge on any atom is 0.323 e. The van der Waals surface area contributed by atoms with Crippen LogP contribution in [0.2, 0.25) is 0 Å². The van der Waals surface area contributed by atoms with Gasteiger partial charge in [-0.2, -0.15) is 0 Å². The number of rotatable bonds is 4. The lowest BCUT2D eigenvalue weighted by Crippen LogP contribution is -2.58. The van der Waals surface area contributed by atoms with Crippen LogP contribution in [0.15, 0.2) is 24.3 Å². The molecular formula is C14H19NO3. The van der Waals surface area contributed by atoms with E-state index < -0.39 is 17.0 Å². The summed E-state index contributed by atoms with van der Waals surface area (Å²) in [5.41, 5.74) is 0.487. The Morgan fingerprint density at radius 3 is 2.72 bits per heavy atom. The maximum absolute atomic E-state index is 11.2. The molecule has 0 radical (unpaired) electrons. The Bertz CT molecular complexity index is 470. The average Bonchev–Trinajstić information content (AvgIpc) is 2.69. The first-order valence-electron chi connectivity index (χ1n) is 6.13. The van der Waals surface area contributed by atoms with Crippen LogP contribution in [0.5, 0.6) is 0 Å². The van der Waals surface area contributed by atoms with Crippen molar-refractivity contribution in [3.05, 3.63) is 35.4 Å². The van der Waals surface area contributed by atoms with Gasteiger partial charge >= 0.3 is 5.97 Å². The number of carbonyl (C=O) groups is 1. The van der Waals surface area contributed by atoms with Crippen molar-refractivity contribution in [1.82, 2.24) is 5.32 Å². The summed E-state index contributed by atoms with van der Waals surface area (Å²) in [5, 5.41) is 22.1. The Balaban J connectivity index is 2.37. The molecule has 4 nitrogen and oxygen atoms in total. The molecule has 1 aromatic rings. The molecule has 1 aliphatic carbocycles. The lowest BCUT2D eigenvalue weighted by molar-refractivity contribution is -0.144. The summed E-state index contributed by atoms with van der Waals surface area (Å²) in [6, 6.07) is 7.88. The molecule has 0 aliphatic heterocycles. The third-order valence-electron chi connectivity index (χ3n) is 3.71. The zero-order valence-electron chi connectivity index (χ0n) is 10.7. The Morgan fingerprint density at radius 2 is 2.11 bits per heavy atom. The molecule has 0 bridgehead atoms. The number of aryl methyl sites for hydroxylation is 1. The number of nitrogens with one attached hydrogen (secondary N) is 1. The van der Waals surface area contributed by atoms with Gasteiger partial charge in [-0.1, -0.05) is 24.3 Å². The molecule has 18 heavy (non-hydrogen) atoms. The molecule has 4 heteroatoms. The molecule has 0 spiro atoms. The Labute approximate surface area is 107 Å². The fourth-order valence-electron chi connectivity index (χ4n) is 2.67. The second-order valence-electron chi connectivity index (χ2n) is 5.45. The number of benzene rings is 1. The first kappa shape index (κ1) is 13.1. The predicted octanol–water partition coefficient (Wildman–Crippen LogP) is 1.27. The van der Waals surface area contributed by atoms with Crippen molar-refractivity contribution in [1.29, 1.82) is 0 Å². The number of carboxylic acid groups (broad SMARTS) is 1. The normalized spacial score (nSPS) is 22.8. The second-order valence-corrected chi connectivity index (χ2v) is 5.45. The van der Waals surface area contributed by atoms with Gasteiger partial charge in [-0.25, -0.2) is 0 Å². The molecule has 1 aromatic carbocycles. The van der Waals surface area contributed by atoms with Crippen molar-refractivity contribution in [3.63, 3.8) is 0 Å². The SMILES string of the molecule is CC(C)(NC1(CO)CCc2ccccc21)C(=O)O. The van der Waals surface area contributed by atoms with Crippen molar-refractivity contribution >= 4 is 5.97 Å². The molecule has 1 atom stereocenters. The van der Waals surface area contributed by atoms with Gasteiger partial charge in [-0.05, 0) is 37.8 Å². The Kier molecular flexibility index (Phi) is 3.17. The molecular weight excluding hydrogens is 230 g/mol. The number of carboxylic acids is 1. The molecule has 0 heterocycles. The van der Waals surface area contributed by atoms with Gasteiger partial charge < -0.3 is 10.2 Å². The van der Waals surface area contributed by atoms with E-state index in [4.69, 9.17) is 0 Å². The molecule has 2 rings (SSSR count). The van der Waals surface area contributed by atoms with Crippen molar-refractivity contribution in [2.45, 2.75) is 37.8 Å². The molecule has 0 saturated carbocycles. The topological polar surface area (TPSA) is 69.6 Å². The number of aliphatic hydroxyl groups excluding tert-OH is 1. The summed E-state index contributed by atoms with van der Waals surface area (Å²) < 4.78 is 0. The minimum atomic E-state index is -1.07. The van der Waals surface area contributed by atoms with E-state index in [1.165, 1.54) is 5.56 Å². The third-order valence-corrected chi connectivity index (χ3v) is 3.71. The van der Waals surface area contributed by atoms with Crippen LogP contribution in [0.3, 0.4) is 0 Å². The average molecular weight is 249 g/mol. The summed E-state index contributed by atoms with van der Waals surface area (Å²) >= 11 is 0. The van der Waals surface area contributed by atoms with Gasteiger partial charge in [0.2, 0.25) is 0 Å². The van der Waals surface area contributed by atoms with E-state index in [2.05, 4.69) is 5.32 Å². The fourth-order valence-corrected chi connectivity index (χ4v) is 2.67. The van der Waals surface area contributed by atoms with Crippen molar-refractivity contribution in [2.75, 3.05) is 6.61 Å². The van der Waals surface area contributed by atoms with Gasteiger partial charge in [0.05, 0.1) is 12.1 Å². The molecule has 0 fully saturated rings. The Hall–Kier alpha value is -1.39. The van der Waals surface area contributed by atoms with Crippen LogP contribution in [0.25, 0.3) is 0 Å². The van der Waals surface area contributed by atoms with Gasteiger partial charge in [0.25, 0.3) is 0 Å². The molecule has 98 valence electrons. The van der Waals surface area contributed by atoms with Crippen LogP contribution in [-0.2, 0) is 16.8 Å². The zero-order valence-corrected chi connectivity index (χ0v) is 10.7. The predicted molar refractivity (Wildman–Crippen MR) is 68.4 cm³/mol. The summed E-state index contributed by atoms with van der Waals surface area (Å²) in [7, 11) is 0. The number of hydrogen-bond acceptors (Lipinski definition) is 3. The number of hydrogen-bond donors (Lipinski definition) is 3. The van der Waals surface area contributed by atoms with Crippen molar-refractivity contribution < 1.29 is 15.0 Å². The highest BCUT2D eigenvalue weighted by Crippen LogP contribution is 2.37. The quantitative estimate of drug-likeness (QED) is 0.751. The lowest BCUT2D eigenvalue weighted by Gasteiger charge is -2.36. The highest BCUT2D eigenvalue weighted by molar-refractivity contribution is 5.77. The first-order chi connectivity index (χ1) is 8.41. The maximum atomic E-state index is 11.2. The summed E-state index contributed by atoms with van der Waals surface area (Å²) in [6.45, 7) is 3.14. The monoisotopic (exact) mass is 249 g/mol. The van der Waals surface area contributed by atoms with E-state index in [0.717, 1.165) is 18.4 Å². The van der Waals surface area contributed by atoms with Gasteiger partial charge in [0, 0.05) is 0 Å². The molecule has 0 saturated heterocycles. The molecule has 1 unspecified atom stereocenters. The highest BCUT2D eigenvalue weighted by atomic mass is 16.4. The van der Waals surface area contributed by atoms with E-state index in [9.17, 15) is 15.0 Å². The van der Waals surface area contributed by atoms with Crippen LogP contribution in [-0.4, -0.2) is 28.3 Å². The smallest absolute Gasteiger partial charge is 0.323 e. The minimum Gasteiger partial charge on any atom is -0.480 e. The first-order valence-corrected chi connectivity index (χ1v) is 6.13. The van der Waals surface area contributed by atoms with Crippen LogP contribution in [0.4, 0.5) is 0 Å². The number of aliphatic carboxylic acids is 1. The standard InChI is InChI=1S/C14H19NO3/c1-13(2,12(17)18)15-14(9-16)8-7-10-5-3-4-6-11(10)14/h3-6,15-16H,7-9H2,1-2H3,(H,17,18). The van der Waals surface area contributed by atoms with E-state index in [0.29, 0.717) is 0 Å². The van der Waals surface area contributed by atoms with Gasteiger partial charge in [0.15, 0.2) is 0 Å². The van der Waals surface area contributed by atoms with Gasteiger partial charge in [-0.15, -0.1) is 0 Å². The van der Waals surface area contributed by atoms with Gasteiger partial charge in [-0.3, -0.25) is 10.1 Å². The molecule has 0 amide bonds. The van der Waals surface area contributed by atoms with E-state index >= 15 is 0 Å². The van der Waals surface area contributed by atoms with E-state index in [1.54, 1.807) is 13.8 Å². The van der Waals surface area contributed by atoms with Crippen LogP contribution in [0, 0.1) is 0 Å². The van der Waals surface area contributed by atoms with Crippen molar-refractivity contribution in [3.8, 4) is 0 Å². The van der Waals surface area contributed by atoms with Gasteiger partial charge in [0.1, 0.15) is 5.54 Å². The summed E-state index contributed by atoms with van der Waals surface area (Å²) in [5.74, 6) is -0.917. The molecule has 1 aliphatic rings. The molecule has 0 aromatic heterocycles. The van der Waals surface area contributed by atoms with Crippen molar-refractivity contribution in [2.24, 2.45) is 0 Å². The minimum absolute atomic E-state index is 0.0965.